The average Bonchev–Trinajstić information content (AvgIpc) is 1.84. The molecule has 0 amide bonds. The molecule has 0 aliphatic carbocycles. The molecule has 0 aliphatic rings. The summed E-state index contributed by atoms with van der Waals surface area (Å²) >= 11 is 0. The van der Waals surface area contributed by atoms with Crippen LogP contribution in [0.3, 0.4) is 0 Å². The Hall–Kier alpha value is -0.120. The predicted molar refractivity (Wildman–Crippen MR) is 43.4 cm³/mol. The van der Waals surface area contributed by atoms with Gasteiger partial charge in [0.1, 0.15) is 0 Å². The van der Waals surface area contributed by atoms with Gasteiger partial charge in [-0.2, -0.15) is 0 Å². The number of ether oxygens (including phenoxy) is 1. The van der Waals surface area contributed by atoms with Gasteiger partial charge in [0.05, 0.1) is 18.3 Å². The zero-order valence-electron chi connectivity index (χ0n) is 7.50. The van der Waals surface area contributed by atoms with Crippen LogP contribution in [0, 0.1) is 0 Å². The molecule has 0 aromatic heterocycles. The first-order valence-electron chi connectivity index (χ1n) is 3.89. The number of hydrogen-bond donors (Lipinski definition) is 2. The maximum Gasteiger partial charge on any atom is 0.0834 e. The van der Waals surface area contributed by atoms with Crippen molar-refractivity contribution < 1.29 is 14.9 Å². The van der Waals surface area contributed by atoms with E-state index >= 15 is 0 Å². The van der Waals surface area contributed by atoms with Crippen LogP contribution in [-0.4, -0.2) is 35.1 Å². The summed E-state index contributed by atoms with van der Waals surface area (Å²) in [7, 11) is 0. The van der Waals surface area contributed by atoms with Crippen LogP contribution in [0.15, 0.2) is 0 Å². The van der Waals surface area contributed by atoms with E-state index in [0.717, 1.165) is 0 Å². The van der Waals surface area contributed by atoms with Gasteiger partial charge in [0.15, 0.2) is 0 Å². The molecule has 68 valence electrons. The first-order valence-corrected chi connectivity index (χ1v) is 3.89. The molecule has 1 atom stereocenters. The van der Waals surface area contributed by atoms with Gasteiger partial charge >= 0.3 is 0 Å². The molecule has 0 saturated carbocycles. The molecular formula is C8H18O3. The Morgan fingerprint density at radius 3 is 2.09 bits per heavy atom. The maximum absolute atomic E-state index is 8.78. The van der Waals surface area contributed by atoms with Crippen molar-refractivity contribution in [1.82, 2.24) is 0 Å². The highest BCUT2D eigenvalue weighted by atomic mass is 16.5. The third-order valence-electron chi connectivity index (χ3n) is 1.17. The van der Waals surface area contributed by atoms with E-state index in [1.807, 2.05) is 20.8 Å². The van der Waals surface area contributed by atoms with Crippen molar-refractivity contribution in [3.8, 4) is 0 Å². The summed E-state index contributed by atoms with van der Waals surface area (Å²) in [6.45, 7) is 5.80. The Kier molecular flexibility index (Phi) is 4.65. The van der Waals surface area contributed by atoms with Crippen LogP contribution in [0.25, 0.3) is 0 Å². The van der Waals surface area contributed by atoms with E-state index in [2.05, 4.69) is 0 Å². The van der Waals surface area contributed by atoms with Crippen molar-refractivity contribution in [3.63, 3.8) is 0 Å². The monoisotopic (exact) mass is 162 g/mol. The fourth-order valence-electron chi connectivity index (χ4n) is 0.831. The van der Waals surface area contributed by atoms with Gasteiger partial charge < -0.3 is 14.9 Å². The Balaban J connectivity index is 3.68. The number of aliphatic hydroxyl groups excluding tert-OH is 2. The Labute approximate surface area is 68.0 Å². The molecule has 0 heterocycles. The normalized spacial score (nSPS) is 15.0. The zero-order chi connectivity index (χ0) is 8.91. The smallest absolute Gasteiger partial charge is 0.0834 e. The minimum absolute atomic E-state index is 0.0299. The maximum atomic E-state index is 8.78. The Morgan fingerprint density at radius 2 is 1.82 bits per heavy atom. The topological polar surface area (TPSA) is 49.7 Å². The van der Waals surface area contributed by atoms with Gasteiger partial charge in [-0.15, -0.1) is 0 Å². The van der Waals surface area contributed by atoms with Crippen molar-refractivity contribution in [2.75, 3.05) is 13.2 Å². The molecule has 0 spiro atoms. The minimum Gasteiger partial charge on any atom is -0.396 e. The molecule has 0 aromatic carbocycles. The molecule has 0 unspecified atom stereocenters. The molecule has 0 saturated heterocycles. The van der Waals surface area contributed by atoms with E-state index in [0.29, 0.717) is 6.42 Å². The Morgan fingerprint density at radius 1 is 1.27 bits per heavy atom. The Bertz CT molecular complexity index is 96.0. The standard InChI is InChI=1S/C8H18O3/c1-8(2,3)11-7(6-10)4-5-9/h7,9-10H,4-6H2,1-3H3/t7-/m0/s1. The molecule has 0 bridgehead atoms. The zero-order valence-corrected chi connectivity index (χ0v) is 7.50. The van der Waals surface area contributed by atoms with Crippen molar-refractivity contribution in [2.45, 2.75) is 38.9 Å². The average molecular weight is 162 g/mol. The van der Waals surface area contributed by atoms with Crippen LogP contribution < -0.4 is 0 Å². The summed E-state index contributed by atoms with van der Waals surface area (Å²) in [5.74, 6) is 0. The van der Waals surface area contributed by atoms with Gasteiger partial charge in [0, 0.05) is 6.61 Å². The summed E-state index contributed by atoms with van der Waals surface area (Å²) < 4.78 is 5.42. The number of rotatable bonds is 4. The third-order valence-corrected chi connectivity index (χ3v) is 1.17. The van der Waals surface area contributed by atoms with Gasteiger partial charge in [-0.05, 0) is 27.2 Å². The fraction of sp³-hybridized carbons (Fsp3) is 1.00. The van der Waals surface area contributed by atoms with Crippen molar-refractivity contribution >= 4 is 0 Å². The van der Waals surface area contributed by atoms with E-state index < -0.39 is 0 Å². The van der Waals surface area contributed by atoms with E-state index in [9.17, 15) is 0 Å². The SMILES string of the molecule is CC(C)(C)O[C@H](CO)CCO. The van der Waals surface area contributed by atoms with E-state index in [4.69, 9.17) is 14.9 Å². The lowest BCUT2D eigenvalue weighted by Gasteiger charge is -2.25. The summed E-state index contributed by atoms with van der Waals surface area (Å²) in [5, 5.41) is 17.4. The predicted octanol–water partition coefficient (Wildman–Crippen LogP) is 0.545. The second-order valence-electron chi connectivity index (χ2n) is 3.55. The van der Waals surface area contributed by atoms with Gasteiger partial charge in [-0.3, -0.25) is 0 Å². The van der Waals surface area contributed by atoms with Crippen LogP contribution in [0.2, 0.25) is 0 Å². The van der Waals surface area contributed by atoms with Gasteiger partial charge in [-0.25, -0.2) is 0 Å². The molecule has 2 N–H and O–H groups in total. The summed E-state index contributed by atoms with van der Waals surface area (Å²) in [6.07, 6.45) is 0.258. The van der Waals surface area contributed by atoms with Gasteiger partial charge in [0.2, 0.25) is 0 Å². The summed E-state index contributed by atoms with van der Waals surface area (Å²) in [5.41, 5.74) is -0.247. The van der Waals surface area contributed by atoms with Crippen LogP contribution in [0.1, 0.15) is 27.2 Å². The van der Waals surface area contributed by atoms with E-state index in [1.54, 1.807) is 0 Å². The van der Waals surface area contributed by atoms with Crippen molar-refractivity contribution in [2.24, 2.45) is 0 Å². The lowest BCUT2D eigenvalue weighted by Crippen LogP contribution is -2.30. The highest BCUT2D eigenvalue weighted by Gasteiger charge is 2.17. The molecule has 3 nitrogen and oxygen atoms in total. The number of aliphatic hydroxyl groups is 2. The molecule has 11 heavy (non-hydrogen) atoms. The second-order valence-corrected chi connectivity index (χ2v) is 3.55. The molecule has 0 radical (unpaired) electrons. The number of hydrogen-bond acceptors (Lipinski definition) is 3. The molecule has 0 fully saturated rings. The lowest BCUT2D eigenvalue weighted by molar-refractivity contribution is -0.0870. The molecule has 0 aromatic rings. The van der Waals surface area contributed by atoms with Crippen LogP contribution in [0.5, 0.6) is 0 Å². The van der Waals surface area contributed by atoms with Gasteiger partial charge in [0.25, 0.3) is 0 Å². The van der Waals surface area contributed by atoms with Crippen molar-refractivity contribution in [3.05, 3.63) is 0 Å². The van der Waals surface area contributed by atoms with E-state index in [-0.39, 0.29) is 24.9 Å². The van der Waals surface area contributed by atoms with Gasteiger partial charge in [-0.1, -0.05) is 0 Å². The highest BCUT2D eigenvalue weighted by Crippen LogP contribution is 2.12. The third kappa shape index (κ3) is 6.28. The van der Waals surface area contributed by atoms with Crippen LogP contribution in [-0.2, 0) is 4.74 Å². The quantitative estimate of drug-likeness (QED) is 0.634. The summed E-state index contributed by atoms with van der Waals surface area (Å²) in [6, 6.07) is 0. The van der Waals surface area contributed by atoms with Crippen LogP contribution >= 0.6 is 0 Å². The second kappa shape index (κ2) is 4.70. The largest absolute Gasteiger partial charge is 0.396 e. The van der Waals surface area contributed by atoms with Crippen LogP contribution in [0.4, 0.5) is 0 Å². The first-order chi connectivity index (χ1) is 4.99. The molecular weight excluding hydrogens is 144 g/mol. The lowest BCUT2D eigenvalue weighted by atomic mass is 10.1. The molecule has 0 rings (SSSR count). The first kappa shape index (κ1) is 10.9. The fourth-order valence-corrected chi connectivity index (χ4v) is 0.831. The molecule has 3 heteroatoms. The molecule has 0 aliphatic heterocycles. The minimum atomic E-state index is -0.247. The van der Waals surface area contributed by atoms with E-state index in [1.165, 1.54) is 0 Å². The van der Waals surface area contributed by atoms with Crippen molar-refractivity contribution in [1.29, 1.82) is 0 Å². The summed E-state index contributed by atoms with van der Waals surface area (Å²) in [4.78, 5) is 0. The highest BCUT2D eigenvalue weighted by molar-refractivity contribution is 4.65.